The molecule has 0 atom stereocenters. The molecule has 8 nitrogen and oxygen atoms in total. The third-order valence-corrected chi connectivity index (χ3v) is 4.71. The smallest absolute Gasteiger partial charge is 0.327 e. The van der Waals surface area contributed by atoms with Crippen LogP contribution in [-0.4, -0.2) is 35.9 Å². The summed E-state index contributed by atoms with van der Waals surface area (Å²) >= 11 is 0. The molecule has 0 aliphatic heterocycles. The number of rotatable bonds is 3. The molecule has 0 aliphatic rings. The van der Waals surface area contributed by atoms with E-state index in [2.05, 4.69) is 9.97 Å². The Hall–Kier alpha value is -2.27. The number of nitrogens with one attached hydrogen (secondary N) is 1. The van der Waals surface area contributed by atoms with Crippen LogP contribution in [0.15, 0.2) is 52.5 Å². The second kappa shape index (κ2) is 5.13. The molecule has 0 saturated heterocycles. The first-order chi connectivity index (χ1) is 10.7. The number of nitrogens with zero attached hydrogens (tertiary/aromatic N) is 1. The Labute approximate surface area is 131 Å². The van der Waals surface area contributed by atoms with Gasteiger partial charge < -0.3 is 4.98 Å². The average Bonchev–Trinajstić information content (AvgIpc) is 2.90. The molecule has 3 rings (SSSR count). The van der Waals surface area contributed by atoms with Crippen molar-refractivity contribution in [2.45, 2.75) is 10.1 Å². The van der Waals surface area contributed by atoms with Crippen molar-refractivity contribution in [3.63, 3.8) is 0 Å². The summed E-state index contributed by atoms with van der Waals surface area (Å²) in [7, 11) is -8.87. The predicted octanol–water partition coefficient (Wildman–Crippen LogP) is 1.72. The maximum atomic E-state index is 11.2. The van der Waals surface area contributed by atoms with Gasteiger partial charge in [-0.2, -0.15) is 16.8 Å². The number of aromatic nitrogens is 2. The van der Waals surface area contributed by atoms with Crippen molar-refractivity contribution >= 4 is 31.3 Å². The van der Waals surface area contributed by atoms with Crippen molar-refractivity contribution in [2.75, 3.05) is 0 Å². The molecule has 0 aliphatic carbocycles. The third-order valence-electron chi connectivity index (χ3n) is 3.18. The standard InChI is InChI=1S/C13H10N2O6S2/c16-22(17,18)9-4-1-3-8(7-9)10-5-2-6-11-12(10)15-13(14-11)23(19,20)21/h1-7H,(H,14,15)(H,16,17,18)(H,19,20,21). The maximum absolute atomic E-state index is 11.2. The van der Waals surface area contributed by atoms with Crippen LogP contribution >= 0.6 is 0 Å². The zero-order valence-corrected chi connectivity index (χ0v) is 13.0. The Bertz CT molecular complexity index is 1120. The number of hydrogen-bond donors (Lipinski definition) is 3. The molecule has 1 heterocycles. The number of imidazole rings is 1. The number of H-pyrrole nitrogens is 1. The monoisotopic (exact) mass is 354 g/mol. The minimum Gasteiger partial charge on any atom is -0.327 e. The number of hydrogen-bond acceptors (Lipinski definition) is 5. The first-order valence-corrected chi connectivity index (χ1v) is 9.08. The van der Waals surface area contributed by atoms with Crippen LogP contribution in [0.1, 0.15) is 0 Å². The second-order valence-electron chi connectivity index (χ2n) is 4.72. The van der Waals surface area contributed by atoms with E-state index in [0.29, 0.717) is 16.6 Å². The van der Waals surface area contributed by atoms with Crippen molar-refractivity contribution in [1.29, 1.82) is 0 Å². The highest BCUT2D eigenvalue weighted by molar-refractivity contribution is 7.86. The number of para-hydroxylation sites is 1. The summed E-state index contributed by atoms with van der Waals surface area (Å²) < 4.78 is 63.0. The van der Waals surface area contributed by atoms with Gasteiger partial charge in [-0.3, -0.25) is 9.11 Å². The molecule has 2 aromatic carbocycles. The molecule has 3 aromatic rings. The van der Waals surface area contributed by atoms with E-state index in [4.69, 9.17) is 9.11 Å². The lowest BCUT2D eigenvalue weighted by molar-refractivity contribution is 0.475. The molecule has 1 aromatic heterocycles. The first-order valence-electron chi connectivity index (χ1n) is 6.20. The van der Waals surface area contributed by atoms with Crippen molar-refractivity contribution in [3.8, 4) is 11.1 Å². The van der Waals surface area contributed by atoms with Crippen LogP contribution in [0.2, 0.25) is 0 Å². The Kier molecular flexibility index (Phi) is 3.48. The lowest BCUT2D eigenvalue weighted by atomic mass is 10.0. The van der Waals surface area contributed by atoms with E-state index in [-0.39, 0.29) is 10.4 Å². The zero-order valence-electron chi connectivity index (χ0n) is 11.3. The molecule has 0 amide bonds. The Morgan fingerprint density at radius 1 is 0.913 bits per heavy atom. The van der Waals surface area contributed by atoms with Gasteiger partial charge in [0, 0.05) is 5.56 Å². The summed E-state index contributed by atoms with van der Waals surface area (Å²) in [6.45, 7) is 0. The van der Waals surface area contributed by atoms with Crippen molar-refractivity contribution in [3.05, 3.63) is 42.5 Å². The summed E-state index contributed by atoms with van der Waals surface area (Å²) in [5.74, 6) is 0. The minimum atomic E-state index is -4.50. The SMILES string of the molecule is O=S(=O)(O)c1cccc(-c2cccc3[nH]c(S(=O)(=O)O)nc23)c1. The van der Waals surface area contributed by atoms with Gasteiger partial charge in [0.15, 0.2) is 0 Å². The van der Waals surface area contributed by atoms with Gasteiger partial charge in [-0.05, 0) is 23.8 Å². The van der Waals surface area contributed by atoms with Crippen molar-refractivity contribution in [2.24, 2.45) is 0 Å². The highest BCUT2D eigenvalue weighted by Gasteiger charge is 2.18. The van der Waals surface area contributed by atoms with Crippen molar-refractivity contribution in [1.82, 2.24) is 9.97 Å². The molecule has 0 saturated carbocycles. The Morgan fingerprint density at radius 3 is 2.26 bits per heavy atom. The van der Waals surface area contributed by atoms with Gasteiger partial charge in [-0.15, -0.1) is 0 Å². The van der Waals surface area contributed by atoms with E-state index >= 15 is 0 Å². The second-order valence-corrected chi connectivity index (χ2v) is 7.48. The van der Waals surface area contributed by atoms with Gasteiger partial charge in [-0.25, -0.2) is 4.98 Å². The highest BCUT2D eigenvalue weighted by atomic mass is 32.2. The minimum absolute atomic E-state index is 0.243. The summed E-state index contributed by atoms with van der Waals surface area (Å²) in [5.41, 5.74) is 1.46. The number of aromatic amines is 1. The molecule has 3 N–H and O–H groups in total. The van der Waals surface area contributed by atoms with Gasteiger partial charge in [0.1, 0.15) is 0 Å². The summed E-state index contributed by atoms with van der Waals surface area (Å²) in [6.07, 6.45) is 0. The fourth-order valence-electron chi connectivity index (χ4n) is 2.19. The van der Waals surface area contributed by atoms with Crippen LogP contribution in [0, 0.1) is 0 Å². The van der Waals surface area contributed by atoms with E-state index in [1.807, 2.05) is 0 Å². The molecular formula is C13H10N2O6S2. The molecule has 0 bridgehead atoms. The molecule has 10 heteroatoms. The van der Waals surface area contributed by atoms with Crippen LogP contribution in [-0.2, 0) is 20.2 Å². The van der Waals surface area contributed by atoms with E-state index < -0.39 is 25.4 Å². The molecule has 0 unspecified atom stereocenters. The first kappa shape index (κ1) is 15.6. The predicted molar refractivity (Wildman–Crippen MR) is 81.2 cm³/mol. The van der Waals surface area contributed by atoms with Crippen LogP contribution in [0.3, 0.4) is 0 Å². The molecule has 0 spiro atoms. The van der Waals surface area contributed by atoms with E-state index in [0.717, 1.165) is 0 Å². The quantitative estimate of drug-likeness (QED) is 0.609. The molecular weight excluding hydrogens is 344 g/mol. The molecule has 120 valence electrons. The third kappa shape index (κ3) is 2.97. The molecule has 0 fully saturated rings. The van der Waals surface area contributed by atoms with E-state index in [9.17, 15) is 16.8 Å². The molecule has 0 radical (unpaired) electrons. The Morgan fingerprint density at radius 2 is 1.61 bits per heavy atom. The topological polar surface area (TPSA) is 137 Å². The van der Waals surface area contributed by atoms with E-state index in [1.165, 1.54) is 18.2 Å². The van der Waals surface area contributed by atoms with Crippen molar-refractivity contribution < 1.29 is 25.9 Å². The lowest BCUT2D eigenvalue weighted by Crippen LogP contribution is -1.99. The molecule has 23 heavy (non-hydrogen) atoms. The lowest BCUT2D eigenvalue weighted by Gasteiger charge is -2.04. The fraction of sp³-hybridized carbons (Fsp3) is 0. The van der Waals surface area contributed by atoms with Crippen LogP contribution < -0.4 is 0 Å². The van der Waals surface area contributed by atoms with E-state index in [1.54, 1.807) is 24.3 Å². The normalized spacial score (nSPS) is 12.6. The summed E-state index contributed by atoms with van der Waals surface area (Å²) in [5, 5.41) is -0.606. The largest absolute Gasteiger partial charge is 0.328 e. The Balaban J connectivity index is 2.27. The van der Waals surface area contributed by atoms with Gasteiger partial charge in [0.2, 0.25) is 0 Å². The van der Waals surface area contributed by atoms with Gasteiger partial charge in [0.25, 0.3) is 15.3 Å². The average molecular weight is 354 g/mol. The maximum Gasteiger partial charge on any atom is 0.328 e. The summed E-state index contributed by atoms with van der Waals surface area (Å²) in [6, 6.07) is 10.3. The van der Waals surface area contributed by atoms with Gasteiger partial charge in [-0.1, -0.05) is 24.3 Å². The number of fused-ring (bicyclic) bond motifs is 1. The van der Waals surface area contributed by atoms with Gasteiger partial charge in [0.05, 0.1) is 15.9 Å². The summed E-state index contributed by atoms with van der Waals surface area (Å²) in [4.78, 5) is 6.03. The fourth-order valence-corrected chi connectivity index (χ4v) is 3.16. The number of benzene rings is 2. The van der Waals surface area contributed by atoms with Crippen LogP contribution in [0.4, 0.5) is 0 Å². The van der Waals surface area contributed by atoms with Crippen LogP contribution in [0.25, 0.3) is 22.2 Å². The van der Waals surface area contributed by atoms with Gasteiger partial charge >= 0.3 is 10.1 Å². The highest BCUT2D eigenvalue weighted by Crippen LogP contribution is 2.29. The van der Waals surface area contributed by atoms with Crippen LogP contribution in [0.5, 0.6) is 0 Å². The zero-order chi connectivity index (χ0) is 16.8.